The van der Waals surface area contributed by atoms with E-state index < -0.39 is 5.79 Å². The fourth-order valence-corrected chi connectivity index (χ4v) is 4.08. The summed E-state index contributed by atoms with van der Waals surface area (Å²) in [6.45, 7) is 1.41. The third-order valence-electron chi connectivity index (χ3n) is 5.53. The minimum Gasteiger partial charge on any atom is -0.488 e. The van der Waals surface area contributed by atoms with E-state index >= 15 is 0 Å². The molecule has 1 spiro atoms. The maximum Gasteiger partial charge on any atom is 0.232 e. The van der Waals surface area contributed by atoms with E-state index in [0.717, 1.165) is 37.5 Å². The van der Waals surface area contributed by atoms with Crippen molar-refractivity contribution < 1.29 is 23.8 Å². The average Bonchev–Trinajstić information content (AvgIpc) is 3.22. The molecule has 1 saturated carbocycles. The molecule has 6 heteroatoms. The number of carbonyl (C=O) groups excluding carboxylic acids is 2. The van der Waals surface area contributed by atoms with Gasteiger partial charge in [0, 0.05) is 12.1 Å². The Morgan fingerprint density at radius 3 is 2.69 bits per heavy atom. The van der Waals surface area contributed by atoms with Crippen molar-refractivity contribution in [1.29, 1.82) is 0 Å². The number of benzene rings is 2. The molecular formula is C23H25NO5. The van der Waals surface area contributed by atoms with Gasteiger partial charge in [-0.2, -0.15) is 0 Å². The molecule has 6 nitrogen and oxygen atoms in total. The number of amides is 1. The minimum atomic E-state index is -0.797. The van der Waals surface area contributed by atoms with E-state index in [1.165, 1.54) is 0 Å². The van der Waals surface area contributed by atoms with Crippen LogP contribution in [0.25, 0.3) is 0 Å². The normalized spacial score (nSPS) is 20.3. The minimum absolute atomic E-state index is 0.138. The molecule has 1 heterocycles. The molecule has 2 aromatic rings. The zero-order chi connectivity index (χ0) is 20.1. The molecular weight excluding hydrogens is 370 g/mol. The molecule has 1 amide bonds. The van der Waals surface area contributed by atoms with E-state index in [1.54, 1.807) is 18.2 Å². The molecule has 29 heavy (non-hydrogen) atoms. The number of nitrogens with one attached hydrogen (secondary N) is 1. The van der Waals surface area contributed by atoms with Crippen LogP contribution in [0.3, 0.4) is 0 Å². The summed E-state index contributed by atoms with van der Waals surface area (Å²) in [5.41, 5.74) is 1.97. The zero-order valence-corrected chi connectivity index (χ0v) is 16.3. The number of hydrogen-bond donors (Lipinski definition) is 1. The van der Waals surface area contributed by atoms with E-state index in [4.69, 9.17) is 14.2 Å². The second-order valence-electron chi connectivity index (χ2n) is 7.44. The number of hydrogen-bond acceptors (Lipinski definition) is 5. The van der Waals surface area contributed by atoms with Gasteiger partial charge in [-0.3, -0.25) is 9.59 Å². The average molecular weight is 395 g/mol. The van der Waals surface area contributed by atoms with Gasteiger partial charge in [-0.15, -0.1) is 0 Å². The molecule has 4 rings (SSSR count). The Bertz CT molecular complexity index is 861. The lowest BCUT2D eigenvalue weighted by Crippen LogP contribution is -2.47. The second-order valence-corrected chi connectivity index (χ2v) is 7.44. The largest absolute Gasteiger partial charge is 0.488 e. The third kappa shape index (κ3) is 4.33. The van der Waals surface area contributed by atoms with Gasteiger partial charge in [0.1, 0.15) is 12.4 Å². The van der Waals surface area contributed by atoms with E-state index in [-0.39, 0.29) is 11.8 Å². The van der Waals surface area contributed by atoms with Crippen molar-refractivity contribution in [3.05, 3.63) is 59.7 Å². The van der Waals surface area contributed by atoms with Crippen molar-refractivity contribution in [1.82, 2.24) is 0 Å². The molecule has 2 aromatic carbocycles. The standard InChI is InChI=1S/C23H25NO5/c25-15-18-14-19(9-10-21(18)27-16-17-6-2-1-3-7-17)24-22(26)20-8-4-5-11-23(20)28-12-13-29-23/h1-3,6-7,9-10,14-15,20H,4-5,8,11-13,16H2,(H,24,26). The number of aldehydes is 1. The Morgan fingerprint density at radius 1 is 1.14 bits per heavy atom. The van der Waals surface area contributed by atoms with E-state index in [0.29, 0.717) is 36.8 Å². The van der Waals surface area contributed by atoms with E-state index in [9.17, 15) is 9.59 Å². The van der Waals surface area contributed by atoms with Crippen LogP contribution in [0.2, 0.25) is 0 Å². The number of anilines is 1. The Labute approximate surface area is 170 Å². The summed E-state index contributed by atoms with van der Waals surface area (Å²) in [6.07, 6.45) is 4.16. The van der Waals surface area contributed by atoms with Crippen LogP contribution in [0.1, 0.15) is 41.6 Å². The lowest BCUT2D eigenvalue weighted by Gasteiger charge is -2.38. The smallest absolute Gasteiger partial charge is 0.232 e. The number of rotatable bonds is 6. The molecule has 1 unspecified atom stereocenters. The van der Waals surface area contributed by atoms with Crippen LogP contribution in [-0.4, -0.2) is 31.2 Å². The number of ether oxygens (including phenoxy) is 3. The van der Waals surface area contributed by atoms with Crippen LogP contribution >= 0.6 is 0 Å². The quantitative estimate of drug-likeness (QED) is 0.750. The van der Waals surface area contributed by atoms with Gasteiger partial charge < -0.3 is 19.5 Å². The van der Waals surface area contributed by atoms with Gasteiger partial charge >= 0.3 is 0 Å². The Kier molecular flexibility index (Phi) is 5.92. The van der Waals surface area contributed by atoms with Crippen molar-refractivity contribution in [2.24, 2.45) is 5.92 Å². The Balaban J connectivity index is 1.44. The van der Waals surface area contributed by atoms with Crippen molar-refractivity contribution in [3.8, 4) is 5.75 Å². The van der Waals surface area contributed by atoms with Gasteiger partial charge in [0.15, 0.2) is 12.1 Å². The molecule has 1 aliphatic carbocycles. The monoisotopic (exact) mass is 395 g/mol. The van der Waals surface area contributed by atoms with Gasteiger partial charge in [-0.05, 0) is 36.6 Å². The molecule has 0 bridgehead atoms. The van der Waals surface area contributed by atoms with E-state index in [1.807, 2.05) is 30.3 Å². The second kappa shape index (κ2) is 8.76. The molecule has 2 fully saturated rings. The Morgan fingerprint density at radius 2 is 1.93 bits per heavy atom. The summed E-state index contributed by atoms with van der Waals surface area (Å²) in [7, 11) is 0. The molecule has 2 aliphatic rings. The molecule has 1 atom stereocenters. The molecule has 1 saturated heterocycles. The first-order valence-corrected chi connectivity index (χ1v) is 10.0. The predicted octanol–water partition coefficient (Wildman–Crippen LogP) is 3.95. The summed E-state index contributed by atoms with van der Waals surface area (Å²) in [6, 6.07) is 14.8. The highest BCUT2D eigenvalue weighted by molar-refractivity contribution is 5.94. The van der Waals surface area contributed by atoms with Crippen LogP contribution in [-0.2, 0) is 20.9 Å². The van der Waals surface area contributed by atoms with Gasteiger partial charge in [-0.25, -0.2) is 0 Å². The van der Waals surface area contributed by atoms with Crippen LogP contribution < -0.4 is 10.1 Å². The SMILES string of the molecule is O=Cc1cc(NC(=O)C2CCCCC23OCCO3)ccc1OCc1ccccc1. The molecule has 0 aromatic heterocycles. The zero-order valence-electron chi connectivity index (χ0n) is 16.3. The first kappa shape index (κ1) is 19.6. The van der Waals surface area contributed by atoms with E-state index in [2.05, 4.69) is 5.32 Å². The third-order valence-corrected chi connectivity index (χ3v) is 5.53. The van der Waals surface area contributed by atoms with Gasteiger partial charge in [0.2, 0.25) is 5.91 Å². The lowest BCUT2D eigenvalue weighted by atomic mass is 9.82. The van der Waals surface area contributed by atoms with Crippen molar-refractivity contribution in [3.63, 3.8) is 0 Å². The summed E-state index contributed by atoms with van der Waals surface area (Å²) < 4.78 is 17.4. The summed E-state index contributed by atoms with van der Waals surface area (Å²) in [5.74, 6) is -0.804. The van der Waals surface area contributed by atoms with Crippen LogP contribution in [0.15, 0.2) is 48.5 Å². The van der Waals surface area contributed by atoms with Crippen LogP contribution in [0.5, 0.6) is 5.75 Å². The summed E-state index contributed by atoms with van der Waals surface area (Å²) in [5, 5.41) is 2.93. The lowest BCUT2D eigenvalue weighted by molar-refractivity contribution is -0.210. The fourth-order valence-electron chi connectivity index (χ4n) is 4.08. The fraction of sp³-hybridized carbons (Fsp3) is 0.391. The Hall–Kier alpha value is -2.70. The van der Waals surface area contributed by atoms with Gasteiger partial charge in [-0.1, -0.05) is 36.8 Å². The van der Waals surface area contributed by atoms with Crippen molar-refractivity contribution in [2.75, 3.05) is 18.5 Å². The topological polar surface area (TPSA) is 73.9 Å². The molecule has 152 valence electrons. The van der Waals surface area contributed by atoms with Gasteiger partial charge in [0.25, 0.3) is 0 Å². The van der Waals surface area contributed by atoms with Crippen LogP contribution in [0.4, 0.5) is 5.69 Å². The summed E-state index contributed by atoms with van der Waals surface area (Å²) in [4.78, 5) is 24.5. The highest BCUT2D eigenvalue weighted by Crippen LogP contribution is 2.41. The van der Waals surface area contributed by atoms with Crippen molar-refractivity contribution in [2.45, 2.75) is 38.1 Å². The van der Waals surface area contributed by atoms with Crippen molar-refractivity contribution >= 4 is 17.9 Å². The maximum absolute atomic E-state index is 12.9. The first-order valence-electron chi connectivity index (χ1n) is 10.0. The predicted molar refractivity (Wildman–Crippen MR) is 108 cm³/mol. The highest BCUT2D eigenvalue weighted by atomic mass is 16.7. The molecule has 0 radical (unpaired) electrons. The van der Waals surface area contributed by atoms with Gasteiger partial charge in [0.05, 0.1) is 24.7 Å². The molecule has 1 N–H and O–H groups in total. The maximum atomic E-state index is 12.9. The molecule has 1 aliphatic heterocycles. The highest BCUT2D eigenvalue weighted by Gasteiger charge is 2.49. The van der Waals surface area contributed by atoms with Crippen LogP contribution in [0, 0.1) is 5.92 Å². The first-order chi connectivity index (χ1) is 14.2. The number of carbonyl (C=O) groups is 2. The summed E-state index contributed by atoms with van der Waals surface area (Å²) >= 11 is 0.